The molecule has 0 radical (unpaired) electrons. The lowest BCUT2D eigenvalue weighted by molar-refractivity contribution is -0.388. The van der Waals surface area contributed by atoms with Gasteiger partial charge in [-0.1, -0.05) is 6.42 Å². The highest BCUT2D eigenvalue weighted by molar-refractivity contribution is 5.55. The molecule has 0 spiro atoms. The van der Waals surface area contributed by atoms with Crippen LogP contribution in [0, 0.1) is 17.0 Å². The van der Waals surface area contributed by atoms with E-state index < -0.39 is 4.92 Å². The van der Waals surface area contributed by atoms with Crippen LogP contribution < -0.4 is 10.2 Å². The molecule has 1 aliphatic heterocycles. The summed E-state index contributed by atoms with van der Waals surface area (Å²) < 4.78 is 1.78. The summed E-state index contributed by atoms with van der Waals surface area (Å²) in [6.45, 7) is 3.58. The first-order valence-electron chi connectivity index (χ1n) is 6.63. The summed E-state index contributed by atoms with van der Waals surface area (Å²) in [4.78, 5) is 16.6. The number of aromatic nitrogens is 2. The number of hydrogen-bond donors (Lipinski definition) is 1. The number of nitrogens with one attached hydrogen (secondary N) is 1. The number of rotatable bonds is 4. The van der Waals surface area contributed by atoms with E-state index in [0.717, 1.165) is 19.5 Å². The molecular weight excluding hydrogens is 246 g/mol. The van der Waals surface area contributed by atoms with Gasteiger partial charge in [0.1, 0.15) is 0 Å². The average Bonchev–Trinajstić information content (AvgIpc) is 2.67. The number of imidazole rings is 1. The van der Waals surface area contributed by atoms with E-state index >= 15 is 0 Å². The normalized spacial score (nSPS) is 19.4. The number of hydrogen-bond acceptors (Lipinski definition) is 5. The molecule has 1 unspecified atom stereocenters. The fourth-order valence-corrected chi connectivity index (χ4v) is 2.63. The Kier molecular flexibility index (Phi) is 4.04. The number of nitrogens with zero attached hydrogens (tertiary/aromatic N) is 4. The number of anilines is 1. The third-order valence-corrected chi connectivity index (χ3v) is 3.71. The first-order valence-corrected chi connectivity index (χ1v) is 6.63. The van der Waals surface area contributed by atoms with Crippen LogP contribution in [0.4, 0.5) is 11.6 Å². The van der Waals surface area contributed by atoms with Crippen LogP contribution in [0.25, 0.3) is 0 Å². The Morgan fingerprint density at radius 3 is 2.89 bits per heavy atom. The maximum absolute atomic E-state index is 11.1. The van der Waals surface area contributed by atoms with Crippen molar-refractivity contribution >= 4 is 11.6 Å². The molecule has 1 N–H and O–H groups in total. The molecule has 7 nitrogen and oxygen atoms in total. The van der Waals surface area contributed by atoms with E-state index in [4.69, 9.17) is 0 Å². The molecule has 1 fully saturated rings. The molecule has 1 saturated heterocycles. The summed E-state index contributed by atoms with van der Waals surface area (Å²) >= 11 is 0. The topological polar surface area (TPSA) is 76.2 Å². The molecule has 0 aromatic carbocycles. The minimum absolute atomic E-state index is 0.0571. The molecule has 0 bridgehead atoms. The molecule has 7 heteroatoms. The molecule has 0 aliphatic carbocycles. The van der Waals surface area contributed by atoms with Crippen molar-refractivity contribution in [3.8, 4) is 0 Å². The van der Waals surface area contributed by atoms with Crippen molar-refractivity contribution in [2.24, 2.45) is 7.05 Å². The molecular formula is C12H21N5O2. The van der Waals surface area contributed by atoms with Gasteiger partial charge in [-0.25, -0.2) is 0 Å². The smallest absolute Gasteiger partial charge is 0.358 e. The lowest BCUT2D eigenvalue weighted by atomic mass is 10.0. The highest BCUT2D eigenvalue weighted by Crippen LogP contribution is 2.27. The number of nitro groups is 1. The van der Waals surface area contributed by atoms with Crippen LogP contribution in [0.2, 0.25) is 0 Å². The van der Waals surface area contributed by atoms with Gasteiger partial charge in [-0.3, -0.25) is 4.57 Å². The van der Waals surface area contributed by atoms with E-state index in [1.165, 1.54) is 12.8 Å². The van der Waals surface area contributed by atoms with E-state index in [1.54, 1.807) is 11.5 Å². The molecule has 106 valence electrons. The van der Waals surface area contributed by atoms with E-state index in [0.29, 0.717) is 17.7 Å². The van der Waals surface area contributed by atoms with Gasteiger partial charge < -0.3 is 20.3 Å². The number of piperidine rings is 1. The summed E-state index contributed by atoms with van der Waals surface area (Å²) in [5.41, 5.74) is 0. The molecule has 2 rings (SSSR count). The van der Waals surface area contributed by atoms with Crippen molar-refractivity contribution in [1.82, 2.24) is 14.9 Å². The Bertz CT molecular complexity index is 465. The summed E-state index contributed by atoms with van der Waals surface area (Å²) in [6.07, 6.45) is 3.55. The largest absolute Gasteiger partial charge is 0.406 e. The van der Waals surface area contributed by atoms with Crippen molar-refractivity contribution in [1.29, 1.82) is 0 Å². The maximum atomic E-state index is 11.1. The van der Waals surface area contributed by atoms with Gasteiger partial charge in [0.15, 0.2) is 0 Å². The van der Waals surface area contributed by atoms with Crippen LogP contribution in [-0.2, 0) is 7.05 Å². The Hall–Kier alpha value is -1.63. The molecule has 0 amide bonds. The molecule has 2 heterocycles. The first-order chi connectivity index (χ1) is 9.00. The highest BCUT2D eigenvalue weighted by Gasteiger charge is 2.27. The quantitative estimate of drug-likeness (QED) is 0.655. The second-order valence-corrected chi connectivity index (χ2v) is 5.15. The third-order valence-electron chi connectivity index (χ3n) is 3.71. The SMILES string of the molecule is Cc1nc([N+](=O)[O-])c(N(C)CC2CCCCN2)n1C. The predicted molar refractivity (Wildman–Crippen MR) is 73.5 cm³/mol. The molecule has 1 aromatic rings. The third kappa shape index (κ3) is 2.86. The van der Waals surface area contributed by atoms with Gasteiger partial charge in [-0.05, 0) is 29.3 Å². The van der Waals surface area contributed by atoms with Crippen molar-refractivity contribution in [2.45, 2.75) is 32.2 Å². The zero-order valence-electron chi connectivity index (χ0n) is 11.7. The monoisotopic (exact) mass is 267 g/mol. The standard InChI is InChI=1S/C12H21N5O2/c1-9-14-11(17(18)19)12(16(9)3)15(2)8-10-6-4-5-7-13-10/h10,13H,4-8H2,1-3H3. The van der Waals surface area contributed by atoms with Crippen molar-refractivity contribution in [3.05, 3.63) is 15.9 Å². The van der Waals surface area contributed by atoms with E-state index in [1.807, 2.05) is 19.0 Å². The second-order valence-electron chi connectivity index (χ2n) is 5.15. The van der Waals surface area contributed by atoms with Gasteiger partial charge in [0.05, 0.1) is 0 Å². The highest BCUT2D eigenvalue weighted by atomic mass is 16.6. The molecule has 19 heavy (non-hydrogen) atoms. The molecule has 0 saturated carbocycles. The van der Waals surface area contributed by atoms with Gasteiger partial charge in [-0.15, -0.1) is 0 Å². The Morgan fingerprint density at radius 1 is 1.58 bits per heavy atom. The lowest BCUT2D eigenvalue weighted by Crippen LogP contribution is -2.43. The molecule has 1 aliphatic rings. The van der Waals surface area contributed by atoms with Gasteiger partial charge in [0, 0.05) is 33.6 Å². The maximum Gasteiger partial charge on any atom is 0.406 e. The van der Waals surface area contributed by atoms with Crippen molar-refractivity contribution in [2.75, 3.05) is 25.0 Å². The van der Waals surface area contributed by atoms with E-state index in [-0.39, 0.29) is 5.82 Å². The van der Waals surface area contributed by atoms with Crippen LogP contribution >= 0.6 is 0 Å². The van der Waals surface area contributed by atoms with E-state index in [2.05, 4.69) is 10.3 Å². The van der Waals surface area contributed by atoms with Crippen LogP contribution in [0.15, 0.2) is 0 Å². The first kappa shape index (κ1) is 13.8. The zero-order chi connectivity index (χ0) is 14.0. The summed E-state index contributed by atoms with van der Waals surface area (Å²) in [6, 6.07) is 0.397. The molecule has 1 atom stereocenters. The van der Waals surface area contributed by atoms with Gasteiger partial charge in [-0.2, -0.15) is 0 Å². The molecule has 1 aromatic heterocycles. The van der Waals surface area contributed by atoms with Crippen LogP contribution in [0.1, 0.15) is 25.1 Å². The van der Waals surface area contributed by atoms with Gasteiger partial charge in [0.25, 0.3) is 0 Å². The summed E-state index contributed by atoms with van der Waals surface area (Å²) in [5, 5.41) is 14.5. The van der Waals surface area contributed by atoms with Crippen LogP contribution in [0.5, 0.6) is 0 Å². The lowest BCUT2D eigenvalue weighted by Gasteiger charge is -2.28. The Balaban J connectivity index is 2.17. The van der Waals surface area contributed by atoms with Gasteiger partial charge >= 0.3 is 5.82 Å². The number of likely N-dealkylation sites (N-methyl/N-ethyl adjacent to an activating group) is 1. The fraction of sp³-hybridized carbons (Fsp3) is 0.750. The number of aryl methyl sites for hydroxylation is 1. The zero-order valence-corrected chi connectivity index (χ0v) is 11.7. The Labute approximate surface area is 112 Å². The Morgan fingerprint density at radius 2 is 2.32 bits per heavy atom. The predicted octanol–water partition coefficient (Wildman–Crippen LogP) is 1.22. The minimum atomic E-state index is -0.410. The minimum Gasteiger partial charge on any atom is -0.358 e. The van der Waals surface area contributed by atoms with Crippen molar-refractivity contribution < 1.29 is 4.92 Å². The van der Waals surface area contributed by atoms with Crippen LogP contribution in [0.3, 0.4) is 0 Å². The van der Waals surface area contributed by atoms with E-state index in [9.17, 15) is 10.1 Å². The van der Waals surface area contributed by atoms with Crippen LogP contribution in [-0.4, -0.2) is 40.7 Å². The second kappa shape index (κ2) is 5.56. The fourth-order valence-electron chi connectivity index (χ4n) is 2.63. The van der Waals surface area contributed by atoms with Crippen molar-refractivity contribution in [3.63, 3.8) is 0 Å². The van der Waals surface area contributed by atoms with Gasteiger partial charge in [0.2, 0.25) is 11.6 Å². The average molecular weight is 267 g/mol. The summed E-state index contributed by atoms with van der Waals surface area (Å²) in [7, 11) is 3.70. The summed E-state index contributed by atoms with van der Waals surface area (Å²) in [5.74, 6) is 1.18.